The highest BCUT2D eigenvalue weighted by Crippen LogP contribution is 2.25. The molecule has 1 amide bonds. The second-order valence-electron chi connectivity index (χ2n) is 4.28. The van der Waals surface area contributed by atoms with Crippen molar-refractivity contribution in [2.75, 3.05) is 7.11 Å². The van der Waals surface area contributed by atoms with E-state index in [0.29, 0.717) is 19.4 Å². The molecule has 2 rings (SSSR count). The van der Waals surface area contributed by atoms with Crippen LogP contribution >= 0.6 is 15.9 Å². The second kappa shape index (κ2) is 7.09. The van der Waals surface area contributed by atoms with Gasteiger partial charge in [-0.15, -0.1) is 0 Å². The summed E-state index contributed by atoms with van der Waals surface area (Å²) >= 11 is 3.43. The molecule has 0 fully saturated rings. The van der Waals surface area contributed by atoms with Crippen LogP contribution in [0.25, 0.3) is 0 Å². The van der Waals surface area contributed by atoms with Gasteiger partial charge in [0, 0.05) is 18.8 Å². The Morgan fingerprint density at radius 1 is 1.50 bits per heavy atom. The van der Waals surface area contributed by atoms with Gasteiger partial charge in [-0.2, -0.15) is 0 Å². The van der Waals surface area contributed by atoms with Crippen LogP contribution in [-0.2, 0) is 17.8 Å². The van der Waals surface area contributed by atoms with Crippen molar-refractivity contribution in [2.24, 2.45) is 0 Å². The van der Waals surface area contributed by atoms with Crippen molar-refractivity contribution < 1.29 is 9.53 Å². The zero-order chi connectivity index (χ0) is 14.4. The number of aromatic nitrogens is 2. The normalized spacial score (nSPS) is 10.3. The average Bonchev–Trinajstić information content (AvgIpc) is 2.96. The van der Waals surface area contributed by atoms with Crippen LogP contribution in [0.5, 0.6) is 5.75 Å². The van der Waals surface area contributed by atoms with E-state index in [1.165, 1.54) is 0 Å². The summed E-state index contributed by atoms with van der Waals surface area (Å²) in [5.74, 6) is 1.55. The van der Waals surface area contributed by atoms with Gasteiger partial charge >= 0.3 is 0 Å². The number of aromatic amines is 1. The number of hydrogen-bond acceptors (Lipinski definition) is 3. The number of amides is 1. The van der Waals surface area contributed by atoms with Crippen molar-refractivity contribution in [3.8, 4) is 5.75 Å². The highest BCUT2D eigenvalue weighted by Gasteiger charge is 2.05. The van der Waals surface area contributed by atoms with Gasteiger partial charge in [0.15, 0.2) is 0 Å². The van der Waals surface area contributed by atoms with Crippen LogP contribution < -0.4 is 10.1 Å². The summed E-state index contributed by atoms with van der Waals surface area (Å²) in [5.41, 5.74) is 1.09. The lowest BCUT2D eigenvalue weighted by Gasteiger charge is -2.07. The topological polar surface area (TPSA) is 67.0 Å². The number of methoxy groups -OCH3 is 1. The van der Waals surface area contributed by atoms with Crippen molar-refractivity contribution in [1.29, 1.82) is 0 Å². The smallest absolute Gasteiger partial charge is 0.220 e. The summed E-state index contributed by atoms with van der Waals surface area (Å²) in [6, 6.07) is 5.82. The van der Waals surface area contributed by atoms with E-state index in [-0.39, 0.29) is 5.91 Å². The Morgan fingerprint density at radius 2 is 2.35 bits per heavy atom. The molecule has 0 aliphatic carbocycles. The van der Waals surface area contributed by atoms with Crippen LogP contribution in [0.2, 0.25) is 0 Å². The molecule has 0 radical (unpaired) electrons. The Labute approximate surface area is 125 Å². The van der Waals surface area contributed by atoms with Gasteiger partial charge in [0.1, 0.15) is 11.6 Å². The van der Waals surface area contributed by atoms with E-state index in [9.17, 15) is 4.79 Å². The minimum absolute atomic E-state index is 0.00772. The Kier molecular flexibility index (Phi) is 5.17. The maximum atomic E-state index is 11.7. The van der Waals surface area contributed by atoms with Gasteiger partial charge in [-0.25, -0.2) is 4.98 Å². The second-order valence-corrected chi connectivity index (χ2v) is 5.14. The molecular formula is C14H16BrN3O2. The summed E-state index contributed by atoms with van der Waals surface area (Å²) in [6.45, 7) is 0.429. The van der Waals surface area contributed by atoms with Gasteiger partial charge in [-0.05, 0) is 40.0 Å². The lowest BCUT2D eigenvalue weighted by Crippen LogP contribution is -2.23. The first-order valence-electron chi connectivity index (χ1n) is 6.26. The van der Waals surface area contributed by atoms with Crippen molar-refractivity contribution in [2.45, 2.75) is 19.4 Å². The first-order valence-corrected chi connectivity index (χ1v) is 7.05. The van der Waals surface area contributed by atoms with E-state index in [0.717, 1.165) is 21.6 Å². The predicted octanol–water partition coefficient (Wildman–Crippen LogP) is 2.43. The van der Waals surface area contributed by atoms with Crippen LogP contribution in [0.3, 0.4) is 0 Å². The maximum absolute atomic E-state index is 11.7. The third-order valence-corrected chi connectivity index (χ3v) is 3.48. The van der Waals surface area contributed by atoms with Gasteiger partial charge in [-0.1, -0.05) is 6.07 Å². The molecule has 20 heavy (non-hydrogen) atoms. The number of hydrogen-bond donors (Lipinski definition) is 2. The minimum atomic E-state index is 0.00772. The molecule has 6 heteroatoms. The van der Waals surface area contributed by atoms with Crippen molar-refractivity contribution in [3.63, 3.8) is 0 Å². The maximum Gasteiger partial charge on any atom is 0.220 e. The molecule has 2 N–H and O–H groups in total. The van der Waals surface area contributed by atoms with E-state index in [1.807, 2.05) is 18.2 Å². The number of benzene rings is 1. The molecule has 0 spiro atoms. The Hall–Kier alpha value is -1.82. The van der Waals surface area contributed by atoms with E-state index >= 15 is 0 Å². The molecule has 0 saturated carbocycles. The molecule has 5 nitrogen and oxygen atoms in total. The van der Waals surface area contributed by atoms with Gasteiger partial charge in [0.2, 0.25) is 5.91 Å². The minimum Gasteiger partial charge on any atom is -0.496 e. The molecule has 0 bridgehead atoms. The average molecular weight is 338 g/mol. The fourth-order valence-electron chi connectivity index (χ4n) is 1.79. The first-order chi connectivity index (χ1) is 9.69. The first kappa shape index (κ1) is 14.6. The number of imidazole rings is 1. The standard InChI is InChI=1S/C14H16BrN3O2/c1-20-12-4-2-10(8-11(12)15)3-5-14(19)18-9-13-16-6-7-17-13/h2,4,6-8H,3,5,9H2,1H3,(H,16,17)(H,18,19). The van der Waals surface area contributed by atoms with Crippen molar-refractivity contribution in [1.82, 2.24) is 15.3 Å². The summed E-state index contributed by atoms with van der Waals surface area (Å²) in [4.78, 5) is 18.7. The van der Waals surface area contributed by atoms with Crippen LogP contribution in [0.1, 0.15) is 17.8 Å². The molecule has 1 aromatic heterocycles. The fraction of sp³-hybridized carbons (Fsp3) is 0.286. The fourth-order valence-corrected chi connectivity index (χ4v) is 2.38. The number of H-pyrrole nitrogens is 1. The quantitative estimate of drug-likeness (QED) is 0.850. The Balaban J connectivity index is 1.79. The molecular weight excluding hydrogens is 322 g/mol. The van der Waals surface area contributed by atoms with Crippen LogP contribution in [0.15, 0.2) is 35.1 Å². The van der Waals surface area contributed by atoms with Crippen LogP contribution in [-0.4, -0.2) is 23.0 Å². The molecule has 0 aliphatic rings. The largest absolute Gasteiger partial charge is 0.496 e. The number of nitrogens with zero attached hydrogens (tertiary/aromatic N) is 1. The molecule has 0 atom stereocenters. The zero-order valence-corrected chi connectivity index (χ0v) is 12.7. The summed E-state index contributed by atoms with van der Waals surface area (Å²) in [7, 11) is 1.63. The van der Waals surface area contributed by atoms with E-state index < -0.39 is 0 Å². The molecule has 0 aliphatic heterocycles. The van der Waals surface area contributed by atoms with Gasteiger partial charge in [0.05, 0.1) is 18.1 Å². The molecule has 106 valence electrons. The molecule has 2 aromatic rings. The number of ether oxygens (including phenoxy) is 1. The number of nitrogens with one attached hydrogen (secondary N) is 2. The lowest BCUT2D eigenvalue weighted by atomic mass is 10.1. The number of halogens is 1. The summed E-state index contributed by atoms with van der Waals surface area (Å²) in [6.07, 6.45) is 4.53. The van der Waals surface area contributed by atoms with Crippen molar-refractivity contribution >= 4 is 21.8 Å². The third-order valence-electron chi connectivity index (χ3n) is 2.86. The van der Waals surface area contributed by atoms with Crippen molar-refractivity contribution in [3.05, 3.63) is 46.5 Å². The third kappa shape index (κ3) is 4.09. The Bertz CT molecular complexity index is 570. The van der Waals surface area contributed by atoms with E-state index in [1.54, 1.807) is 19.5 Å². The number of aryl methyl sites for hydroxylation is 1. The molecule has 1 heterocycles. The van der Waals surface area contributed by atoms with Gasteiger partial charge in [0.25, 0.3) is 0 Å². The van der Waals surface area contributed by atoms with Gasteiger partial charge < -0.3 is 15.0 Å². The molecule has 1 aromatic carbocycles. The summed E-state index contributed by atoms with van der Waals surface area (Å²) < 4.78 is 6.07. The number of rotatable bonds is 6. The van der Waals surface area contributed by atoms with E-state index in [2.05, 4.69) is 31.2 Å². The monoisotopic (exact) mass is 337 g/mol. The SMILES string of the molecule is COc1ccc(CCC(=O)NCc2ncc[nH]2)cc1Br. The molecule has 0 saturated heterocycles. The highest BCUT2D eigenvalue weighted by atomic mass is 79.9. The summed E-state index contributed by atoms with van der Waals surface area (Å²) in [5, 5.41) is 2.82. The number of carbonyl (C=O) groups is 1. The Morgan fingerprint density at radius 3 is 3.00 bits per heavy atom. The molecule has 0 unspecified atom stereocenters. The zero-order valence-electron chi connectivity index (χ0n) is 11.1. The number of carbonyl (C=O) groups excluding carboxylic acids is 1. The van der Waals surface area contributed by atoms with Crippen LogP contribution in [0, 0.1) is 0 Å². The van der Waals surface area contributed by atoms with Gasteiger partial charge in [-0.3, -0.25) is 4.79 Å². The predicted molar refractivity (Wildman–Crippen MR) is 79.4 cm³/mol. The highest BCUT2D eigenvalue weighted by molar-refractivity contribution is 9.10. The van der Waals surface area contributed by atoms with Crippen LogP contribution in [0.4, 0.5) is 0 Å². The van der Waals surface area contributed by atoms with E-state index in [4.69, 9.17) is 4.74 Å². The lowest BCUT2D eigenvalue weighted by molar-refractivity contribution is -0.121.